The highest BCUT2D eigenvalue weighted by Crippen LogP contribution is 2.37. The number of carbonyl (C=O) groups excluding carboxylic acids is 1. The highest BCUT2D eigenvalue weighted by Gasteiger charge is 2.34. The summed E-state index contributed by atoms with van der Waals surface area (Å²) in [7, 11) is 3.24. The lowest BCUT2D eigenvalue weighted by Crippen LogP contribution is -2.28. The van der Waals surface area contributed by atoms with Gasteiger partial charge in [0.1, 0.15) is 21.7 Å². The van der Waals surface area contributed by atoms with Crippen molar-refractivity contribution in [3.63, 3.8) is 0 Å². The van der Waals surface area contributed by atoms with Crippen LogP contribution in [0.25, 0.3) is 16.7 Å². The molecule has 12 nitrogen and oxygen atoms in total. The minimum Gasteiger partial charge on any atom is -0.450 e. The minimum absolute atomic E-state index is 0.00493. The molecule has 5 heterocycles. The molecule has 5 aromatic heterocycles. The van der Waals surface area contributed by atoms with E-state index < -0.39 is 23.3 Å². The van der Waals surface area contributed by atoms with Gasteiger partial charge in [0.25, 0.3) is 5.56 Å². The van der Waals surface area contributed by atoms with Crippen LogP contribution in [-0.4, -0.2) is 46.7 Å². The van der Waals surface area contributed by atoms with Gasteiger partial charge in [-0.25, -0.2) is 14.5 Å². The molecule has 1 saturated carbocycles. The van der Waals surface area contributed by atoms with Crippen LogP contribution in [-0.2, 0) is 18.0 Å². The Balaban J connectivity index is 1.31. The number of anilines is 3. The van der Waals surface area contributed by atoms with Crippen LogP contribution in [0.3, 0.4) is 0 Å². The van der Waals surface area contributed by atoms with Gasteiger partial charge in [-0.3, -0.25) is 14.5 Å². The minimum atomic E-state index is -4.66. The summed E-state index contributed by atoms with van der Waals surface area (Å²) >= 11 is 6.70. The van der Waals surface area contributed by atoms with Gasteiger partial charge in [-0.2, -0.15) is 23.3 Å². The van der Waals surface area contributed by atoms with Crippen molar-refractivity contribution < 1.29 is 22.7 Å². The summed E-state index contributed by atoms with van der Waals surface area (Å²) in [5, 5.41) is 7.14. The molecule has 0 aromatic carbocycles. The standard InChI is InChI=1S/C27H25ClF3N9O3/c1-13(2)39-11-15(27(29,30)31)7-16(25(39)42)35-26-36-23-22(38(26)4)21(28)19(9-33-23)43-18-10-34-40-12-20(32-8-17(18)40)37(3)24(41)14-5-6-14/h7-14H,5-6H2,1-4H3,(H,33,35,36). The number of hydrogen-bond acceptors (Lipinski definition) is 8. The molecule has 1 fully saturated rings. The first-order valence-corrected chi connectivity index (χ1v) is 13.6. The molecule has 0 radical (unpaired) electrons. The summed E-state index contributed by atoms with van der Waals surface area (Å²) in [6.07, 6.45) is 3.84. The molecule has 1 N–H and O–H groups in total. The second kappa shape index (κ2) is 10.3. The molecule has 5 aromatic rings. The molecule has 0 atom stereocenters. The third-order valence-electron chi connectivity index (χ3n) is 7.15. The van der Waals surface area contributed by atoms with E-state index in [2.05, 4.69) is 25.4 Å². The van der Waals surface area contributed by atoms with E-state index >= 15 is 0 Å². The van der Waals surface area contributed by atoms with Gasteiger partial charge in [0, 0.05) is 32.3 Å². The third-order valence-corrected chi connectivity index (χ3v) is 7.52. The maximum absolute atomic E-state index is 13.6. The Labute approximate surface area is 246 Å². The van der Waals surface area contributed by atoms with Crippen LogP contribution in [0.1, 0.15) is 38.3 Å². The first-order valence-electron chi connectivity index (χ1n) is 13.2. The number of pyridine rings is 2. The number of nitrogens with one attached hydrogen (secondary N) is 1. The van der Waals surface area contributed by atoms with Crippen LogP contribution >= 0.6 is 11.6 Å². The second-order valence-electron chi connectivity index (χ2n) is 10.5. The van der Waals surface area contributed by atoms with Crippen LogP contribution in [0.4, 0.5) is 30.6 Å². The van der Waals surface area contributed by atoms with E-state index in [1.165, 1.54) is 32.6 Å². The summed E-state index contributed by atoms with van der Waals surface area (Å²) in [6, 6.07) is 0.230. The lowest BCUT2D eigenvalue weighted by Gasteiger charge is -2.16. The van der Waals surface area contributed by atoms with Gasteiger partial charge in [0.05, 0.1) is 30.4 Å². The predicted octanol–water partition coefficient (Wildman–Crippen LogP) is 5.33. The Morgan fingerprint density at radius 1 is 1.16 bits per heavy atom. The van der Waals surface area contributed by atoms with Crippen molar-refractivity contribution in [1.82, 2.24) is 33.7 Å². The maximum Gasteiger partial charge on any atom is 0.417 e. The molecule has 0 saturated heterocycles. The number of imidazole rings is 1. The van der Waals surface area contributed by atoms with E-state index in [4.69, 9.17) is 16.3 Å². The molecule has 43 heavy (non-hydrogen) atoms. The van der Waals surface area contributed by atoms with Crippen LogP contribution in [0.2, 0.25) is 5.02 Å². The number of alkyl halides is 3. The van der Waals surface area contributed by atoms with E-state index in [1.54, 1.807) is 34.1 Å². The molecular formula is C27H25ClF3N9O3. The van der Waals surface area contributed by atoms with Gasteiger partial charge in [0.15, 0.2) is 23.0 Å². The van der Waals surface area contributed by atoms with Crippen molar-refractivity contribution in [3.05, 3.63) is 58.0 Å². The SMILES string of the molecule is CC(C)n1cc(C(F)(F)F)cc(Nc2nc3ncc(Oc4cnn5cc(N(C)C(=O)C6CC6)ncc45)c(Cl)c3n2C)c1=O. The summed E-state index contributed by atoms with van der Waals surface area (Å²) in [5.41, 5.74) is -0.943. The summed E-state index contributed by atoms with van der Waals surface area (Å²) in [5.74, 6) is 1.00. The number of carbonyl (C=O) groups is 1. The first-order chi connectivity index (χ1) is 20.3. The number of ether oxygens (including phenoxy) is 1. The van der Waals surface area contributed by atoms with Crippen LogP contribution in [0, 0.1) is 5.92 Å². The molecule has 0 unspecified atom stereocenters. The molecule has 6 rings (SSSR count). The molecule has 1 amide bonds. The molecule has 224 valence electrons. The molecule has 0 bridgehead atoms. The first kappa shape index (κ1) is 28.5. The number of aromatic nitrogens is 7. The number of rotatable bonds is 7. The zero-order valence-electron chi connectivity index (χ0n) is 23.3. The zero-order valence-corrected chi connectivity index (χ0v) is 24.1. The van der Waals surface area contributed by atoms with Gasteiger partial charge in [-0.1, -0.05) is 11.6 Å². The molecular weight excluding hydrogens is 591 g/mol. The highest BCUT2D eigenvalue weighted by atomic mass is 35.5. The Morgan fingerprint density at radius 2 is 1.91 bits per heavy atom. The van der Waals surface area contributed by atoms with E-state index in [1.807, 2.05) is 0 Å². The Morgan fingerprint density at radius 3 is 2.58 bits per heavy atom. The number of halogens is 4. The normalized spacial score (nSPS) is 13.7. The summed E-state index contributed by atoms with van der Waals surface area (Å²) in [4.78, 5) is 39.9. The maximum atomic E-state index is 13.6. The number of aryl methyl sites for hydroxylation is 1. The summed E-state index contributed by atoms with van der Waals surface area (Å²) < 4.78 is 50.7. The lowest BCUT2D eigenvalue weighted by molar-refractivity contribution is -0.138. The fourth-order valence-corrected chi connectivity index (χ4v) is 4.88. The lowest BCUT2D eigenvalue weighted by atomic mass is 10.2. The largest absolute Gasteiger partial charge is 0.450 e. The molecule has 0 aliphatic heterocycles. The van der Waals surface area contributed by atoms with Crippen molar-refractivity contribution in [1.29, 1.82) is 0 Å². The number of fused-ring (bicyclic) bond motifs is 2. The topological polar surface area (TPSA) is 124 Å². The van der Waals surface area contributed by atoms with Crippen molar-refractivity contribution in [2.45, 2.75) is 38.9 Å². The Hall–Kier alpha value is -4.66. The van der Waals surface area contributed by atoms with E-state index in [0.29, 0.717) is 22.6 Å². The number of nitrogens with zero attached hydrogens (tertiary/aromatic N) is 8. The quantitative estimate of drug-likeness (QED) is 0.260. The van der Waals surface area contributed by atoms with Crippen LogP contribution in [0.5, 0.6) is 11.5 Å². The van der Waals surface area contributed by atoms with E-state index in [-0.39, 0.29) is 39.9 Å². The van der Waals surface area contributed by atoms with Crippen molar-refractivity contribution in [3.8, 4) is 11.5 Å². The molecule has 1 aliphatic rings. The van der Waals surface area contributed by atoms with Gasteiger partial charge in [-0.15, -0.1) is 0 Å². The Bertz CT molecular complexity index is 1960. The summed E-state index contributed by atoms with van der Waals surface area (Å²) in [6.45, 7) is 3.22. The predicted molar refractivity (Wildman–Crippen MR) is 152 cm³/mol. The smallest absolute Gasteiger partial charge is 0.417 e. The average molecular weight is 616 g/mol. The Kier molecular flexibility index (Phi) is 6.79. The number of amides is 1. The zero-order chi connectivity index (χ0) is 30.8. The average Bonchev–Trinajstić information content (AvgIpc) is 3.66. The molecule has 1 aliphatic carbocycles. The van der Waals surface area contributed by atoms with Crippen molar-refractivity contribution in [2.24, 2.45) is 13.0 Å². The van der Waals surface area contributed by atoms with Crippen LogP contribution < -0.4 is 20.5 Å². The second-order valence-corrected chi connectivity index (χ2v) is 10.9. The van der Waals surface area contributed by atoms with Crippen molar-refractivity contribution in [2.75, 3.05) is 17.3 Å². The van der Waals surface area contributed by atoms with E-state index in [9.17, 15) is 22.8 Å². The third kappa shape index (κ3) is 5.13. The van der Waals surface area contributed by atoms with Gasteiger partial charge in [-0.05, 0) is 32.8 Å². The molecule has 16 heteroatoms. The fraction of sp³-hybridized carbons (Fsp3) is 0.333. The van der Waals surface area contributed by atoms with Gasteiger partial charge >= 0.3 is 6.18 Å². The highest BCUT2D eigenvalue weighted by molar-refractivity contribution is 6.36. The van der Waals surface area contributed by atoms with Crippen molar-refractivity contribution >= 4 is 51.6 Å². The number of hydrogen-bond donors (Lipinski definition) is 1. The van der Waals surface area contributed by atoms with Gasteiger partial charge in [0.2, 0.25) is 11.9 Å². The van der Waals surface area contributed by atoms with E-state index in [0.717, 1.165) is 29.7 Å². The monoisotopic (exact) mass is 615 g/mol. The van der Waals surface area contributed by atoms with Crippen LogP contribution in [0.15, 0.2) is 41.8 Å². The molecule has 0 spiro atoms. The fourth-order valence-electron chi connectivity index (χ4n) is 4.59. The van der Waals surface area contributed by atoms with Gasteiger partial charge < -0.3 is 19.2 Å².